The summed E-state index contributed by atoms with van der Waals surface area (Å²) in [5.41, 5.74) is 5.61. The molecule has 0 bridgehead atoms. The van der Waals surface area contributed by atoms with Gasteiger partial charge in [0.15, 0.2) is 5.82 Å². The van der Waals surface area contributed by atoms with E-state index >= 15 is 0 Å². The largest absolute Gasteiger partial charge is 0.381 e. The zero-order chi connectivity index (χ0) is 9.68. The Morgan fingerprint density at radius 1 is 1.54 bits per heavy atom. The van der Waals surface area contributed by atoms with Gasteiger partial charge in [0.1, 0.15) is 5.03 Å². The molecule has 0 aliphatic rings. The van der Waals surface area contributed by atoms with Crippen LogP contribution in [0.5, 0.6) is 0 Å². The number of ether oxygens (including phenoxy) is 1. The summed E-state index contributed by atoms with van der Waals surface area (Å²) in [6.45, 7) is 2.00. The summed E-state index contributed by atoms with van der Waals surface area (Å²) in [6, 6.07) is 0. The van der Waals surface area contributed by atoms with Crippen LogP contribution in [0.1, 0.15) is 6.92 Å². The van der Waals surface area contributed by atoms with E-state index in [0.717, 1.165) is 10.8 Å². The standard InChI is InChI=1S/C8H13N3OS/c1-6(12-2)5-13-8-7(9)10-3-4-11-8/h3-4,6H,5H2,1-2H3,(H2,9,10). The lowest BCUT2D eigenvalue weighted by Gasteiger charge is -2.08. The molecule has 72 valence electrons. The number of nitrogens with two attached hydrogens (primary N) is 1. The first kappa shape index (κ1) is 10.3. The van der Waals surface area contributed by atoms with Gasteiger partial charge < -0.3 is 10.5 Å². The minimum absolute atomic E-state index is 0.200. The highest BCUT2D eigenvalue weighted by Crippen LogP contribution is 2.20. The Balaban J connectivity index is 2.50. The third-order valence-corrected chi connectivity index (χ3v) is 2.77. The highest BCUT2D eigenvalue weighted by Gasteiger charge is 2.05. The van der Waals surface area contributed by atoms with Crippen LogP contribution < -0.4 is 5.73 Å². The van der Waals surface area contributed by atoms with E-state index in [1.807, 2.05) is 6.92 Å². The van der Waals surface area contributed by atoms with Crippen molar-refractivity contribution in [2.45, 2.75) is 18.1 Å². The Morgan fingerprint density at radius 3 is 2.85 bits per heavy atom. The monoisotopic (exact) mass is 199 g/mol. The predicted molar refractivity (Wildman–Crippen MR) is 53.6 cm³/mol. The molecule has 0 aromatic carbocycles. The van der Waals surface area contributed by atoms with E-state index in [4.69, 9.17) is 10.5 Å². The highest BCUT2D eigenvalue weighted by molar-refractivity contribution is 7.99. The minimum Gasteiger partial charge on any atom is -0.381 e. The summed E-state index contributed by atoms with van der Waals surface area (Å²) in [4.78, 5) is 8.04. The molecule has 1 atom stereocenters. The first-order valence-corrected chi connectivity index (χ1v) is 4.94. The average molecular weight is 199 g/mol. The van der Waals surface area contributed by atoms with Crippen molar-refractivity contribution in [1.29, 1.82) is 0 Å². The van der Waals surface area contributed by atoms with Crippen LogP contribution in [0.15, 0.2) is 17.4 Å². The van der Waals surface area contributed by atoms with Crippen LogP contribution in [0.4, 0.5) is 5.82 Å². The number of rotatable bonds is 4. The van der Waals surface area contributed by atoms with E-state index < -0.39 is 0 Å². The fraction of sp³-hybridized carbons (Fsp3) is 0.500. The summed E-state index contributed by atoms with van der Waals surface area (Å²) in [6.07, 6.45) is 3.42. The van der Waals surface area contributed by atoms with Crippen molar-refractivity contribution >= 4 is 17.6 Å². The van der Waals surface area contributed by atoms with Gasteiger partial charge in [-0.05, 0) is 6.92 Å². The van der Waals surface area contributed by atoms with E-state index in [1.165, 1.54) is 0 Å². The molecule has 0 fully saturated rings. The Labute approximate surface area is 81.9 Å². The molecule has 1 rings (SSSR count). The van der Waals surface area contributed by atoms with Gasteiger partial charge in [-0.25, -0.2) is 9.97 Å². The van der Waals surface area contributed by atoms with E-state index in [9.17, 15) is 0 Å². The van der Waals surface area contributed by atoms with Crippen LogP contribution in [0.3, 0.4) is 0 Å². The molecule has 13 heavy (non-hydrogen) atoms. The quantitative estimate of drug-likeness (QED) is 0.738. The molecule has 1 heterocycles. The summed E-state index contributed by atoms with van der Waals surface area (Å²) >= 11 is 1.56. The predicted octanol–water partition coefficient (Wildman–Crippen LogP) is 1.19. The van der Waals surface area contributed by atoms with Gasteiger partial charge in [-0.3, -0.25) is 0 Å². The maximum absolute atomic E-state index is 5.61. The van der Waals surface area contributed by atoms with Gasteiger partial charge >= 0.3 is 0 Å². The first-order chi connectivity index (χ1) is 6.24. The number of anilines is 1. The molecule has 0 spiro atoms. The number of nitrogen functional groups attached to an aromatic ring is 1. The molecule has 5 heteroatoms. The maximum atomic E-state index is 5.61. The number of hydrogen-bond donors (Lipinski definition) is 1. The summed E-state index contributed by atoms with van der Waals surface area (Å²) in [7, 11) is 1.69. The topological polar surface area (TPSA) is 61.0 Å². The number of nitrogens with zero attached hydrogens (tertiary/aromatic N) is 2. The summed E-state index contributed by atoms with van der Waals surface area (Å²) in [5.74, 6) is 1.31. The molecule has 0 radical (unpaired) electrons. The minimum atomic E-state index is 0.200. The van der Waals surface area contributed by atoms with E-state index in [-0.39, 0.29) is 6.10 Å². The number of methoxy groups -OCH3 is 1. The van der Waals surface area contributed by atoms with Crippen molar-refractivity contribution in [3.8, 4) is 0 Å². The van der Waals surface area contributed by atoms with Crippen LogP contribution in [0.2, 0.25) is 0 Å². The third kappa shape index (κ3) is 3.20. The number of hydrogen-bond acceptors (Lipinski definition) is 5. The van der Waals surface area contributed by atoms with Gasteiger partial charge in [-0.15, -0.1) is 11.8 Å². The van der Waals surface area contributed by atoms with E-state index in [0.29, 0.717) is 5.82 Å². The Hall–Kier alpha value is -0.810. The normalized spacial score (nSPS) is 12.8. The van der Waals surface area contributed by atoms with Crippen molar-refractivity contribution < 1.29 is 4.74 Å². The molecule has 0 saturated carbocycles. The molecule has 4 nitrogen and oxygen atoms in total. The lowest BCUT2D eigenvalue weighted by atomic mass is 10.5. The van der Waals surface area contributed by atoms with E-state index in [1.54, 1.807) is 31.3 Å². The molecular formula is C8H13N3OS. The van der Waals surface area contributed by atoms with Crippen molar-refractivity contribution in [1.82, 2.24) is 9.97 Å². The molecule has 0 amide bonds. The third-order valence-electron chi connectivity index (χ3n) is 1.55. The highest BCUT2D eigenvalue weighted by atomic mass is 32.2. The maximum Gasteiger partial charge on any atom is 0.156 e. The molecule has 1 aromatic rings. The average Bonchev–Trinajstić information content (AvgIpc) is 2.16. The van der Waals surface area contributed by atoms with Gasteiger partial charge in [-0.2, -0.15) is 0 Å². The van der Waals surface area contributed by atoms with Crippen LogP contribution in [0, 0.1) is 0 Å². The van der Waals surface area contributed by atoms with Gasteiger partial charge in [-0.1, -0.05) is 0 Å². The van der Waals surface area contributed by atoms with Gasteiger partial charge in [0.2, 0.25) is 0 Å². The lowest BCUT2D eigenvalue weighted by Crippen LogP contribution is -2.08. The number of aromatic nitrogens is 2. The smallest absolute Gasteiger partial charge is 0.156 e. The van der Waals surface area contributed by atoms with Gasteiger partial charge in [0.05, 0.1) is 6.10 Å². The Kier molecular flexibility index (Phi) is 3.98. The van der Waals surface area contributed by atoms with Crippen molar-refractivity contribution in [3.05, 3.63) is 12.4 Å². The van der Waals surface area contributed by atoms with Crippen LogP contribution in [-0.4, -0.2) is 28.9 Å². The van der Waals surface area contributed by atoms with Crippen LogP contribution in [0.25, 0.3) is 0 Å². The second-order valence-corrected chi connectivity index (χ2v) is 3.61. The fourth-order valence-corrected chi connectivity index (χ4v) is 1.58. The SMILES string of the molecule is COC(C)CSc1nccnc1N. The first-order valence-electron chi connectivity index (χ1n) is 3.96. The Morgan fingerprint density at radius 2 is 2.23 bits per heavy atom. The molecular weight excluding hydrogens is 186 g/mol. The van der Waals surface area contributed by atoms with Crippen molar-refractivity contribution in [2.24, 2.45) is 0 Å². The fourth-order valence-electron chi connectivity index (χ4n) is 0.712. The van der Waals surface area contributed by atoms with Crippen molar-refractivity contribution in [3.63, 3.8) is 0 Å². The summed E-state index contributed by atoms with van der Waals surface area (Å²) < 4.78 is 5.10. The van der Waals surface area contributed by atoms with Gasteiger partial charge in [0.25, 0.3) is 0 Å². The summed E-state index contributed by atoms with van der Waals surface area (Å²) in [5, 5.41) is 0.770. The van der Waals surface area contributed by atoms with E-state index in [2.05, 4.69) is 9.97 Å². The molecule has 0 aliphatic carbocycles. The zero-order valence-electron chi connectivity index (χ0n) is 7.73. The van der Waals surface area contributed by atoms with Crippen molar-refractivity contribution in [2.75, 3.05) is 18.6 Å². The number of thioether (sulfide) groups is 1. The molecule has 0 aliphatic heterocycles. The molecule has 1 aromatic heterocycles. The Bertz CT molecular complexity index is 269. The van der Waals surface area contributed by atoms with Crippen LogP contribution in [-0.2, 0) is 4.74 Å². The van der Waals surface area contributed by atoms with Crippen LogP contribution >= 0.6 is 11.8 Å². The lowest BCUT2D eigenvalue weighted by molar-refractivity contribution is 0.138. The molecule has 0 saturated heterocycles. The zero-order valence-corrected chi connectivity index (χ0v) is 8.54. The second-order valence-electron chi connectivity index (χ2n) is 2.60. The van der Waals surface area contributed by atoms with Gasteiger partial charge in [0, 0.05) is 25.3 Å². The molecule has 1 unspecified atom stereocenters. The second kappa shape index (κ2) is 5.04. The molecule has 2 N–H and O–H groups in total.